The van der Waals surface area contributed by atoms with E-state index in [4.69, 9.17) is 0 Å². The van der Waals surface area contributed by atoms with Gasteiger partial charge in [0.25, 0.3) is 0 Å². The number of carbonyl (C=O) groups excluding carboxylic acids is 1. The van der Waals surface area contributed by atoms with Crippen molar-refractivity contribution in [3.8, 4) is 0 Å². The molecule has 21 heavy (non-hydrogen) atoms. The van der Waals surface area contributed by atoms with Crippen molar-refractivity contribution in [1.82, 2.24) is 9.88 Å². The number of hydrogen-bond donors (Lipinski definition) is 1. The number of aromatic nitrogens is 1. The SMILES string of the molecule is O=C(CC1C=CCC1)N1CCc2[nH]c3ccccc3c2C1. The molecule has 0 radical (unpaired) electrons. The van der Waals surface area contributed by atoms with Gasteiger partial charge in [0, 0.05) is 48.1 Å². The lowest BCUT2D eigenvalue weighted by Gasteiger charge is -2.28. The molecule has 0 saturated heterocycles. The van der Waals surface area contributed by atoms with E-state index in [-0.39, 0.29) is 0 Å². The van der Waals surface area contributed by atoms with E-state index in [9.17, 15) is 4.79 Å². The molecule has 1 aromatic heterocycles. The maximum Gasteiger partial charge on any atom is 0.223 e. The summed E-state index contributed by atoms with van der Waals surface area (Å²) in [6.07, 6.45) is 8.29. The highest BCUT2D eigenvalue weighted by Gasteiger charge is 2.25. The summed E-state index contributed by atoms with van der Waals surface area (Å²) >= 11 is 0. The molecular weight excluding hydrogens is 260 g/mol. The molecule has 0 bridgehead atoms. The number of nitrogens with one attached hydrogen (secondary N) is 1. The van der Waals surface area contributed by atoms with Crippen LogP contribution in [0.1, 0.15) is 30.5 Å². The van der Waals surface area contributed by atoms with Crippen LogP contribution in [0.2, 0.25) is 0 Å². The number of fused-ring (bicyclic) bond motifs is 3. The van der Waals surface area contributed by atoms with E-state index in [0.717, 1.165) is 32.4 Å². The predicted molar refractivity (Wildman–Crippen MR) is 83.9 cm³/mol. The van der Waals surface area contributed by atoms with Gasteiger partial charge >= 0.3 is 0 Å². The van der Waals surface area contributed by atoms with Crippen LogP contribution in [0.15, 0.2) is 36.4 Å². The van der Waals surface area contributed by atoms with Crippen LogP contribution in [0.4, 0.5) is 0 Å². The second-order valence-electron chi connectivity index (χ2n) is 6.16. The van der Waals surface area contributed by atoms with E-state index in [1.54, 1.807) is 0 Å². The van der Waals surface area contributed by atoms with Crippen molar-refractivity contribution in [2.45, 2.75) is 32.2 Å². The van der Waals surface area contributed by atoms with Crippen molar-refractivity contribution in [2.24, 2.45) is 5.92 Å². The number of rotatable bonds is 2. The maximum absolute atomic E-state index is 12.5. The number of allylic oxidation sites excluding steroid dienone is 2. The summed E-state index contributed by atoms with van der Waals surface area (Å²) in [5, 5.41) is 1.27. The van der Waals surface area contributed by atoms with Crippen molar-refractivity contribution < 1.29 is 4.79 Å². The number of carbonyl (C=O) groups is 1. The molecule has 2 heterocycles. The Bertz CT molecular complexity index is 713. The fraction of sp³-hybridized carbons (Fsp3) is 0.389. The molecule has 108 valence electrons. The molecule has 2 aromatic rings. The minimum absolute atomic E-state index is 0.308. The van der Waals surface area contributed by atoms with E-state index in [1.165, 1.54) is 22.2 Å². The summed E-state index contributed by atoms with van der Waals surface area (Å²) in [6.45, 7) is 1.60. The number of H-pyrrole nitrogens is 1. The van der Waals surface area contributed by atoms with Gasteiger partial charge in [-0.25, -0.2) is 0 Å². The molecule has 1 unspecified atom stereocenters. The summed E-state index contributed by atoms with van der Waals surface area (Å²) < 4.78 is 0. The van der Waals surface area contributed by atoms with Crippen molar-refractivity contribution in [1.29, 1.82) is 0 Å². The van der Waals surface area contributed by atoms with Crippen LogP contribution in [0.5, 0.6) is 0 Å². The van der Waals surface area contributed by atoms with Gasteiger partial charge in [-0.1, -0.05) is 30.4 Å². The lowest BCUT2D eigenvalue weighted by molar-refractivity contribution is -0.132. The van der Waals surface area contributed by atoms with Gasteiger partial charge in [0.15, 0.2) is 0 Å². The van der Waals surface area contributed by atoms with E-state index >= 15 is 0 Å². The van der Waals surface area contributed by atoms with Crippen molar-refractivity contribution >= 4 is 16.8 Å². The molecule has 3 heteroatoms. The molecule has 3 nitrogen and oxygen atoms in total. The highest BCUT2D eigenvalue weighted by molar-refractivity contribution is 5.86. The molecule has 1 N–H and O–H groups in total. The topological polar surface area (TPSA) is 36.1 Å². The third-order valence-corrected chi connectivity index (χ3v) is 4.78. The molecule has 1 aromatic carbocycles. The normalized spacial score (nSPS) is 21.0. The Morgan fingerprint density at radius 1 is 1.33 bits per heavy atom. The molecule has 2 aliphatic rings. The quantitative estimate of drug-likeness (QED) is 0.841. The monoisotopic (exact) mass is 280 g/mol. The zero-order valence-electron chi connectivity index (χ0n) is 12.1. The number of nitrogens with zero attached hydrogens (tertiary/aromatic N) is 1. The second-order valence-corrected chi connectivity index (χ2v) is 6.16. The van der Waals surface area contributed by atoms with E-state index < -0.39 is 0 Å². The van der Waals surface area contributed by atoms with Crippen molar-refractivity contribution in [3.05, 3.63) is 47.7 Å². The first-order valence-electron chi connectivity index (χ1n) is 7.84. The minimum Gasteiger partial charge on any atom is -0.358 e. The summed E-state index contributed by atoms with van der Waals surface area (Å²) in [4.78, 5) is 18.0. The molecule has 1 aliphatic carbocycles. The second kappa shape index (κ2) is 5.06. The summed E-state index contributed by atoms with van der Waals surface area (Å²) in [5.41, 5.74) is 3.81. The third-order valence-electron chi connectivity index (χ3n) is 4.78. The number of para-hydroxylation sites is 1. The maximum atomic E-state index is 12.5. The lowest BCUT2D eigenvalue weighted by atomic mass is 10.0. The molecule has 0 spiro atoms. The average Bonchev–Trinajstić information content (AvgIpc) is 3.13. The lowest BCUT2D eigenvalue weighted by Crippen LogP contribution is -2.36. The summed E-state index contributed by atoms with van der Waals surface area (Å²) in [7, 11) is 0. The first kappa shape index (κ1) is 12.7. The number of benzene rings is 1. The van der Waals surface area contributed by atoms with Crippen LogP contribution >= 0.6 is 0 Å². The highest BCUT2D eigenvalue weighted by atomic mass is 16.2. The zero-order valence-corrected chi connectivity index (χ0v) is 12.1. The molecule has 0 fully saturated rings. The Morgan fingerprint density at radius 3 is 3.10 bits per heavy atom. The van der Waals surface area contributed by atoms with Crippen LogP contribution in [0.3, 0.4) is 0 Å². The largest absolute Gasteiger partial charge is 0.358 e. The van der Waals surface area contributed by atoms with Gasteiger partial charge in [0.05, 0.1) is 0 Å². The Labute approximate surface area is 124 Å². The minimum atomic E-state index is 0.308. The molecule has 4 rings (SSSR count). The molecular formula is C18H20N2O. The molecule has 0 saturated carbocycles. The highest BCUT2D eigenvalue weighted by Crippen LogP contribution is 2.29. The van der Waals surface area contributed by atoms with Gasteiger partial charge in [0.2, 0.25) is 5.91 Å². The Kier molecular flexibility index (Phi) is 3.06. The van der Waals surface area contributed by atoms with E-state index in [2.05, 4.69) is 41.4 Å². The van der Waals surface area contributed by atoms with Gasteiger partial charge in [-0.2, -0.15) is 0 Å². The van der Waals surface area contributed by atoms with Crippen LogP contribution in [0, 0.1) is 5.92 Å². The smallest absolute Gasteiger partial charge is 0.223 e. The summed E-state index contributed by atoms with van der Waals surface area (Å²) in [6, 6.07) is 8.39. The van der Waals surface area contributed by atoms with Crippen LogP contribution < -0.4 is 0 Å². The standard InChI is InChI=1S/C18H20N2O/c21-18(11-13-5-1-2-6-13)20-10-9-17-15(12-20)14-7-3-4-8-16(14)19-17/h1,3-5,7-8,13,19H,2,6,9-12H2. The van der Waals surface area contributed by atoms with Crippen molar-refractivity contribution in [3.63, 3.8) is 0 Å². The van der Waals surface area contributed by atoms with Gasteiger partial charge in [0.1, 0.15) is 0 Å². The fourth-order valence-corrected chi connectivity index (χ4v) is 3.60. The molecule has 1 aliphatic heterocycles. The Balaban J connectivity index is 1.55. The number of amides is 1. The zero-order chi connectivity index (χ0) is 14.2. The Morgan fingerprint density at radius 2 is 2.24 bits per heavy atom. The van der Waals surface area contributed by atoms with Crippen LogP contribution in [-0.2, 0) is 17.8 Å². The first-order valence-corrected chi connectivity index (χ1v) is 7.84. The first-order chi connectivity index (χ1) is 10.3. The predicted octanol–water partition coefficient (Wildman–Crippen LogP) is 3.41. The van der Waals surface area contributed by atoms with Gasteiger partial charge in [-0.15, -0.1) is 0 Å². The van der Waals surface area contributed by atoms with Gasteiger partial charge in [-0.05, 0) is 24.8 Å². The molecule has 1 atom stereocenters. The van der Waals surface area contributed by atoms with Crippen LogP contribution in [-0.4, -0.2) is 22.3 Å². The average molecular weight is 280 g/mol. The number of hydrogen-bond acceptors (Lipinski definition) is 1. The van der Waals surface area contributed by atoms with E-state index in [0.29, 0.717) is 18.2 Å². The van der Waals surface area contributed by atoms with Gasteiger partial charge in [-0.3, -0.25) is 4.79 Å². The summed E-state index contributed by atoms with van der Waals surface area (Å²) in [5.74, 6) is 0.768. The van der Waals surface area contributed by atoms with E-state index in [1.807, 2.05) is 4.90 Å². The molecule has 1 amide bonds. The van der Waals surface area contributed by atoms with Crippen molar-refractivity contribution in [2.75, 3.05) is 6.54 Å². The fourth-order valence-electron chi connectivity index (χ4n) is 3.60. The number of aromatic amines is 1. The van der Waals surface area contributed by atoms with Gasteiger partial charge < -0.3 is 9.88 Å². The van der Waals surface area contributed by atoms with Crippen LogP contribution in [0.25, 0.3) is 10.9 Å². The Hall–Kier alpha value is -2.03. The third kappa shape index (κ3) is 2.27.